The van der Waals surface area contributed by atoms with Crippen molar-refractivity contribution in [1.29, 1.82) is 0 Å². The van der Waals surface area contributed by atoms with Gasteiger partial charge in [-0.3, -0.25) is 9.59 Å². The van der Waals surface area contributed by atoms with E-state index < -0.39 is 5.92 Å². The third kappa shape index (κ3) is 6.26. The molecule has 0 aliphatic carbocycles. The predicted molar refractivity (Wildman–Crippen MR) is 146 cm³/mol. The molecule has 200 valence electrons. The van der Waals surface area contributed by atoms with Gasteiger partial charge in [0.25, 0.3) is 11.8 Å². The number of benzene rings is 2. The van der Waals surface area contributed by atoms with Gasteiger partial charge in [0.1, 0.15) is 17.2 Å². The van der Waals surface area contributed by atoms with Crippen molar-refractivity contribution in [2.45, 2.75) is 25.3 Å². The Hall–Kier alpha value is -4.24. The maximum atomic E-state index is 13.4. The van der Waals surface area contributed by atoms with E-state index in [4.69, 9.17) is 21.8 Å². The van der Waals surface area contributed by atoms with Gasteiger partial charge in [0.2, 0.25) is 5.91 Å². The molecule has 2 amide bonds. The average Bonchev–Trinajstić information content (AvgIpc) is 3.35. The van der Waals surface area contributed by atoms with E-state index in [1.807, 2.05) is 6.07 Å². The number of furan rings is 1. The summed E-state index contributed by atoms with van der Waals surface area (Å²) in [5, 5.41) is 3.96. The molecule has 1 aliphatic rings. The highest BCUT2D eigenvalue weighted by molar-refractivity contribution is 6.35. The molecule has 0 spiro atoms. The lowest BCUT2D eigenvalue weighted by Crippen LogP contribution is -2.42. The smallest absolute Gasteiger partial charge is 0.253 e. The van der Waals surface area contributed by atoms with Crippen LogP contribution in [0, 0.1) is 0 Å². The summed E-state index contributed by atoms with van der Waals surface area (Å²) in [5.41, 5.74) is 8.90. The van der Waals surface area contributed by atoms with Gasteiger partial charge >= 0.3 is 0 Å². The maximum Gasteiger partial charge on any atom is 0.253 e. The number of hydrogen-bond acceptors (Lipinski definition) is 5. The van der Waals surface area contributed by atoms with Crippen LogP contribution >= 0.6 is 11.6 Å². The number of carbonyl (C=O) groups is 2. The van der Waals surface area contributed by atoms with Crippen molar-refractivity contribution in [3.8, 4) is 11.1 Å². The van der Waals surface area contributed by atoms with Gasteiger partial charge in [0, 0.05) is 49.2 Å². The molecular formula is C29H25ClF2N4O3. The molecule has 1 aliphatic heterocycles. The SMILES string of the molecule is Nc1ccc(/C=C/C(=O)NCc2cc3c(Cl)cc(-c4ccc(C(=O)N5CCC(F)(F)CC5)cc4)cc3o2)cn1. The van der Waals surface area contributed by atoms with Crippen molar-refractivity contribution < 1.29 is 22.8 Å². The Labute approximate surface area is 228 Å². The number of rotatable bonds is 6. The van der Waals surface area contributed by atoms with Gasteiger partial charge in [-0.25, -0.2) is 13.8 Å². The number of nitrogen functional groups attached to an aromatic ring is 1. The average molecular weight is 551 g/mol. The number of anilines is 1. The number of nitrogens with one attached hydrogen (secondary N) is 1. The van der Waals surface area contributed by atoms with Crippen LogP contribution in [-0.4, -0.2) is 40.7 Å². The van der Waals surface area contributed by atoms with Gasteiger partial charge < -0.3 is 20.4 Å². The van der Waals surface area contributed by atoms with Gasteiger partial charge in [0.05, 0.1) is 11.6 Å². The molecule has 5 rings (SSSR count). The zero-order valence-electron chi connectivity index (χ0n) is 20.8. The second kappa shape index (κ2) is 10.9. The summed E-state index contributed by atoms with van der Waals surface area (Å²) in [7, 11) is 0. The fraction of sp³-hybridized carbons (Fsp3) is 0.207. The van der Waals surface area contributed by atoms with Crippen LogP contribution in [0.1, 0.15) is 34.5 Å². The van der Waals surface area contributed by atoms with Crippen LogP contribution in [-0.2, 0) is 11.3 Å². The lowest BCUT2D eigenvalue weighted by molar-refractivity contribution is -0.116. The lowest BCUT2D eigenvalue weighted by atomic mass is 10.0. The van der Waals surface area contributed by atoms with E-state index in [2.05, 4.69) is 10.3 Å². The number of likely N-dealkylation sites (tertiary alicyclic amines) is 1. The summed E-state index contributed by atoms with van der Waals surface area (Å²) < 4.78 is 32.8. The van der Waals surface area contributed by atoms with Crippen LogP contribution < -0.4 is 11.1 Å². The third-order valence-electron chi connectivity index (χ3n) is 6.56. The molecule has 0 unspecified atom stereocenters. The van der Waals surface area contributed by atoms with Crippen LogP contribution in [0.5, 0.6) is 0 Å². The number of nitrogens with two attached hydrogens (primary N) is 1. The molecule has 2 aromatic carbocycles. The Kier molecular flexibility index (Phi) is 7.34. The van der Waals surface area contributed by atoms with Gasteiger partial charge in [-0.1, -0.05) is 23.7 Å². The van der Waals surface area contributed by atoms with E-state index >= 15 is 0 Å². The molecule has 1 saturated heterocycles. The zero-order valence-corrected chi connectivity index (χ0v) is 21.6. The van der Waals surface area contributed by atoms with Crippen molar-refractivity contribution in [2.24, 2.45) is 0 Å². The fourth-order valence-corrected chi connectivity index (χ4v) is 4.61. The summed E-state index contributed by atoms with van der Waals surface area (Å²) in [6.07, 6.45) is 3.97. The maximum absolute atomic E-state index is 13.4. The summed E-state index contributed by atoms with van der Waals surface area (Å²) in [6.45, 7) is 0.248. The van der Waals surface area contributed by atoms with E-state index in [0.29, 0.717) is 33.1 Å². The Morgan fingerprint density at radius 1 is 1.08 bits per heavy atom. The second-order valence-corrected chi connectivity index (χ2v) is 9.78. The monoisotopic (exact) mass is 550 g/mol. The second-order valence-electron chi connectivity index (χ2n) is 9.38. The molecule has 0 atom stereocenters. The number of fused-ring (bicyclic) bond motifs is 1. The highest BCUT2D eigenvalue weighted by Crippen LogP contribution is 2.33. The largest absolute Gasteiger partial charge is 0.459 e. The number of amides is 2. The standard InChI is InChI=1S/C29H25ClF2N4O3/c30-24-13-21(19-3-5-20(6-4-19)28(38)36-11-9-29(31,32)10-12-36)14-25-23(24)15-22(39-25)17-35-27(37)8-2-18-1-7-26(33)34-16-18/h1-8,13-16H,9-12,17H2,(H2,33,34)(H,35,37)/b8-2+. The molecule has 7 nitrogen and oxygen atoms in total. The van der Waals surface area contributed by atoms with Crippen LogP contribution in [0.15, 0.2) is 71.3 Å². The first-order valence-electron chi connectivity index (χ1n) is 12.3. The molecule has 0 radical (unpaired) electrons. The van der Waals surface area contributed by atoms with Gasteiger partial charge in [-0.15, -0.1) is 0 Å². The van der Waals surface area contributed by atoms with Crippen LogP contribution in [0.25, 0.3) is 28.2 Å². The quantitative estimate of drug-likeness (QED) is 0.290. The molecule has 0 saturated carbocycles. The Bertz CT molecular complexity index is 1540. The number of alkyl halides is 2. The van der Waals surface area contributed by atoms with Crippen molar-refractivity contribution in [3.63, 3.8) is 0 Å². The molecule has 0 bridgehead atoms. The Morgan fingerprint density at radius 3 is 2.51 bits per heavy atom. The van der Waals surface area contributed by atoms with Crippen molar-refractivity contribution >= 4 is 46.3 Å². The molecule has 4 aromatic rings. The van der Waals surface area contributed by atoms with E-state index in [-0.39, 0.29) is 44.3 Å². The number of carbonyl (C=O) groups excluding carboxylic acids is 2. The van der Waals surface area contributed by atoms with E-state index in [1.165, 1.54) is 11.0 Å². The topological polar surface area (TPSA) is 101 Å². The van der Waals surface area contributed by atoms with Crippen LogP contribution in [0.3, 0.4) is 0 Å². The fourth-order valence-electron chi connectivity index (χ4n) is 4.35. The minimum absolute atomic E-state index is 0.0392. The minimum Gasteiger partial charge on any atom is -0.459 e. The Balaban J connectivity index is 1.24. The zero-order chi connectivity index (χ0) is 27.6. The Morgan fingerprint density at radius 2 is 1.82 bits per heavy atom. The molecule has 3 heterocycles. The van der Waals surface area contributed by atoms with Crippen molar-refractivity contribution in [3.05, 3.63) is 88.8 Å². The minimum atomic E-state index is -2.71. The highest BCUT2D eigenvalue weighted by atomic mass is 35.5. The first-order chi connectivity index (χ1) is 18.7. The highest BCUT2D eigenvalue weighted by Gasteiger charge is 2.35. The molecule has 2 aromatic heterocycles. The summed E-state index contributed by atoms with van der Waals surface area (Å²) >= 11 is 6.53. The first kappa shape index (κ1) is 26.4. The van der Waals surface area contributed by atoms with Crippen LogP contribution in [0.4, 0.5) is 14.6 Å². The number of hydrogen-bond donors (Lipinski definition) is 2. The molecule has 10 heteroatoms. The molecule has 3 N–H and O–H groups in total. The summed E-state index contributed by atoms with van der Waals surface area (Å²) in [5.74, 6) is -2.33. The molecule has 1 fully saturated rings. The first-order valence-corrected chi connectivity index (χ1v) is 12.7. The molecular weight excluding hydrogens is 526 g/mol. The van der Waals surface area contributed by atoms with Crippen molar-refractivity contribution in [1.82, 2.24) is 15.2 Å². The number of halogens is 3. The van der Waals surface area contributed by atoms with Gasteiger partial charge in [-0.05, 0) is 65.2 Å². The summed E-state index contributed by atoms with van der Waals surface area (Å²) in [4.78, 5) is 30.4. The molecule has 39 heavy (non-hydrogen) atoms. The summed E-state index contributed by atoms with van der Waals surface area (Å²) in [6, 6.07) is 15.8. The number of pyridine rings is 1. The van der Waals surface area contributed by atoms with Crippen molar-refractivity contribution in [2.75, 3.05) is 18.8 Å². The number of nitrogens with zero attached hydrogens (tertiary/aromatic N) is 2. The van der Waals surface area contributed by atoms with E-state index in [0.717, 1.165) is 16.7 Å². The predicted octanol–water partition coefficient (Wildman–Crippen LogP) is 5.93. The third-order valence-corrected chi connectivity index (χ3v) is 6.87. The number of piperidine rings is 1. The van der Waals surface area contributed by atoms with Gasteiger partial charge in [0.15, 0.2) is 0 Å². The van der Waals surface area contributed by atoms with E-state index in [9.17, 15) is 18.4 Å². The lowest BCUT2D eigenvalue weighted by Gasteiger charge is -2.31. The van der Waals surface area contributed by atoms with Crippen LogP contribution in [0.2, 0.25) is 5.02 Å². The number of aromatic nitrogens is 1. The van der Waals surface area contributed by atoms with Gasteiger partial charge in [-0.2, -0.15) is 0 Å². The van der Waals surface area contributed by atoms with E-state index in [1.54, 1.807) is 60.8 Å². The normalized spacial score (nSPS) is 15.1.